The summed E-state index contributed by atoms with van der Waals surface area (Å²) in [6.45, 7) is 0.811. The number of carboxylic acid groups (broad SMARTS) is 1. The maximum absolute atomic E-state index is 12.2. The molecule has 6 heteroatoms. The molecule has 23 heavy (non-hydrogen) atoms. The number of amides is 1. The molecule has 6 nitrogen and oxygen atoms in total. The van der Waals surface area contributed by atoms with Gasteiger partial charge in [0.1, 0.15) is 5.60 Å². The van der Waals surface area contributed by atoms with Gasteiger partial charge < -0.3 is 20.0 Å². The monoisotopic (exact) mass is 320 g/mol. The summed E-state index contributed by atoms with van der Waals surface area (Å²) in [5.74, 6) is -1.14. The number of hydrogen-bond acceptors (Lipinski definition) is 4. The highest BCUT2D eigenvalue weighted by Gasteiger charge is 2.44. The fraction of sp³-hybridized carbons (Fsp3) is 0.529. The van der Waals surface area contributed by atoms with E-state index in [1.54, 1.807) is 4.90 Å². The second kappa shape index (κ2) is 7.10. The second-order valence-electron chi connectivity index (χ2n) is 6.25. The summed E-state index contributed by atoms with van der Waals surface area (Å²) in [4.78, 5) is 26.4. The van der Waals surface area contributed by atoms with E-state index in [4.69, 9.17) is 5.11 Å². The van der Waals surface area contributed by atoms with Crippen LogP contribution in [-0.2, 0) is 15.2 Å². The average molecular weight is 320 g/mol. The van der Waals surface area contributed by atoms with Crippen LogP contribution < -0.4 is 0 Å². The first-order valence-electron chi connectivity index (χ1n) is 7.78. The Balaban J connectivity index is 2.15. The minimum Gasteiger partial charge on any atom is -0.481 e. The number of piperidine rings is 1. The highest BCUT2D eigenvalue weighted by Crippen LogP contribution is 2.35. The molecule has 0 saturated carbocycles. The number of carbonyl (C=O) groups is 2. The van der Waals surface area contributed by atoms with Crippen LogP contribution in [0.4, 0.5) is 0 Å². The molecule has 0 bridgehead atoms. The summed E-state index contributed by atoms with van der Waals surface area (Å²) in [7, 11) is 3.76. The molecule has 1 amide bonds. The van der Waals surface area contributed by atoms with E-state index in [9.17, 15) is 14.7 Å². The Bertz CT molecular complexity index is 561. The lowest BCUT2D eigenvalue weighted by Crippen LogP contribution is -2.60. The maximum atomic E-state index is 12.2. The predicted octanol–water partition coefficient (Wildman–Crippen LogP) is 0.902. The van der Waals surface area contributed by atoms with Gasteiger partial charge in [-0.3, -0.25) is 9.59 Å². The van der Waals surface area contributed by atoms with Crippen molar-refractivity contribution in [2.24, 2.45) is 0 Å². The number of carboxylic acids is 1. The fourth-order valence-electron chi connectivity index (χ4n) is 3.18. The quantitative estimate of drug-likeness (QED) is 0.842. The summed E-state index contributed by atoms with van der Waals surface area (Å²) in [6.07, 6.45) is 0.267. The van der Waals surface area contributed by atoms with Gasteiger partial charge >= 0.3 is 5.97 Å². The lowest BCUT2D eigenvalue weighted by molar-refractivity contribution is -0.146. The highest BCUT2D eigenvalue weighted by molar-refractivity contribution is 5.80. The van der Waals surface area contributed by atoms with Crippen molar-refractivity contribution in [1.82, 2.24) is 9.80 Å². The van der Waals surface area contributed by atoms with E-state index in [0.717, 1.165) is 5.56 Å². The molecule has 1 aromatic rings. The van der Waals surface area contributed by atoms with Gasteiger partial charge in [0, 0.05) is 19.5 Å². The molecular formula is C17H24N2O4. The third-order valence-corrected chi connectivity index (χ3v) is 4.51. The minimum absolute atomic E-state index is 0.000747. The average Bonchev–Trinajstić information content (AvgIpc) is 2.53. The molecule has 0 spiro atoms. The lowest BCUT2D eigenvalue weighted by Gasteiger charge is -2.47. The number of aliphatic carboxylic acids is 1. The SMILES string of the molecule is CN(C)[C@@H]1CN(C(=O)CCC(=O)O)CC[C@]1(O)c1ccccc1. The molecule has 1 aliphatic heterocycles. The van der Waals surface area contributed by atoms with Gasteiger partial charge in [0.15, 0.2) is 0 Å². The van der Waals surface area contributed by atoms with Crippen LogP contribution >= 0.6 is 0 Å². The number of hydrogen-bond donors (Lipinski definition) is 2. The summed E-state index contributed by atoms with van der Waals surface area (Å²) in [5.41, 5.74) is -0.176. The summed E-state index contributed by atoms with van der Waals surface area (Å²) in [6, 6.07) is 9.25. The topological polar surface area (TPSA) is 81.1 Å². The molecule has 0 unspecified atom stereocenters. The zero-order valence-corrected chi connectivity index (χ0v) is 13.6. The van der Waals surface area contributed by atoms with Gasteiger partial charge in [-0.25, -0.2) is 0 Å². The van der Waals surface area contributed by atoms with Crippen LogP contribution in [0.1, 0.15) is 24.8 Å². The fourth-order valence-corrected chi connectivity index (χ4v) is 3.18. The molecule has 126 valence electrons. The van der Waals surface area contributed by atoms with Crippen LogP contribution in [-0.4, -0.2) is 65.1 Å². The van der Waals surface area contributed by atoms with Gasteiger partial charge in [0.25, 0.3) is 0 Å². The highest BCUT2D eigenvalue weighted by atomic mass is 16.4. The van der Waals surface area contributed by atoms with E-state index in [0.29, 0.717) is 19.5 Å². The molecule has 2 atom stereocenters. The lowest BCUT2D eigenvalue weighted by atomic mass is 9.79. The van der Waals surface area contributed by atoms with Crippen LogP contribution in [0, 0.1) is 0 Å². The van der Waals surface area contributed by atoms with Crippen molar-refractivity contribution in [2.45, 2.75) is 30.9 Å². The number of likely N-dealkylation sites (N-methyl/N-ethyl adjacent to an activating group) is 1. The van der Waals surface area contributed by atoms with Crippen molar-refractivity contribution in [1.29, 1.82) is 0 Å². The molecule has 2 rings (SSSR count). The van der Waals surface area contributed by atoms with E-state index >= 15 is 0 Å². The van der Waals surface area contributed by atoms with Crippen LogP contribution in [0.2, 0.25) is 0 Å². The number of carbonyl (C=O) groups excluding carboxylic acids is 1. The zero-order chi connectivity index (χ0) is 17.0. The Hall–Kier alpha value is -1.92. The number of nitrogens with zero attached hydrogens (tertiary/aromatic N) is 2. The molecule has 1 saturated heterocycles. The molecule has 1 heterocycles. The minimum atomic E-state index is -1.02. The maximum Gasteiger partial charge on any atom is 0.303 e. The first-order valence-corrected chi connectivity index (χ1v) is 7.78. The van der Waals surface area contributed by atoms with Crippen LogP contribution in [0.5, 0.6) is 0 Å². The van der Waals surface area contributed by atoms with Crippen molar-refractivity contribution in [2.75, 3.05) is 27.2 Å². The number of aliphatic hydroxyl groups is 1. The Kier molecular flexibility index (Phi) is 5.38. The van der Waals surface area contributed by atoms with Crippen molar-refractivity contribution in [3.63, 3.8) is 0 Å². The Labute approximate surface area is 136 Å². The van der Waals surface area contributed by atoms with Crippen molar-refractivity contribution in [3.05, 3.63) is 35.9 Å². The number of rotatable bonds is 5. The van der Waals surface area contributed by atoms with Crippen LogP contribution in [0.25, 0.3) is 0 Å². The molecule has 1 aromatic carbocycles. The largest absolute Gasteiger partial charge is 0.481 e. The molecule has 1 fully saturated rings. The number of likely N-dealkylation sites (tertiary alicyclic amines) is 1. The summed E-state index contributed by atoms with van der Waals surface area (Å²) < 4.78 is 0. The molecule has 1 aliphatic rings. The van der Waals surface area contributed by atoms with Crippen molar-refractivity contribution >= 4 is 11.9 Å². The standard InChI is InChI=1S/C17H24N2O4/c1-18(2)14-12-19(15(20)8-9-16(21)22)11-10-17(14,23)13-6-4-3-5-7-13/h3-7,14,23H,8-12H2,1-2H3,(H,21,22)/t14-,17+/m1/s1. The van der Waals surface area contributed by atoms with Gasteiger partial charge in [-0.15, -0.1) is 0 Å². The predicted molar refractivity (Wildman–Crippen MR) is 85.9 cm³/mol. The molecule has 0 radical (unpaired) electrons. The molecule has 2 N–H and O–H groups in total. The normalized spacial score (nSPS) is 24.7. The van der Waals surface area contributed by atoms with E-state index < -0.39 is 11.6 Å². The smallest absolute Gasteiger partial charge is 0.303 e. The van der Waals surface area contributed by atoms with Gasteiger partial charge in [-0.2, -0.15) is 0 Å². The second-order valence-corrected chi connectivity index (χ2v) is 6.25. The number of benzene rings is 1. The third kappa shape index (κ3) is 3.89. The van der Waals surface area contributed by atoms with Crippen LogP contribution in [0.15, 0.2) is 30.3 Å². The summed E-state index contributed by atoms with van der Waals surface area (Å²) >= 11 is 0. The Morgan fingerprint density at radius 3 is 2.48 bits per heavy atom. The third-order valence-electron chi connectivity index (χ3n) is 4.51. The van der Waals surface area contributed by atoms with Gasteiger partial charge in [-0.1, -0.05) is 30.3 Å². The Morgan fingerprint density at radius 1 is 1.26 bits per heavy atom. The zero-order valence-electron chi connectivity index (χ0n) is 13.6. The van der Waals surface area contributed by atoms with E-state index in [2.05, 4.69) is 0 Å². The Morgan fingerprint density at radius 2 is 1.91 bits per heavy atom. The van der Waals surface area contributed by atoms with Gasteiger partial charge in [-0.05, 0) is 26.1 Å². The van der Waals surface area contributed by atoms with Gasteiger partial charge in [0.2, 0.25) is 5.91 Å². The van der Waals surface area contributed by atoms with Crippen LogP contribution in [0.3, 0.4) is 0 Å². The molecule has 0 aromatic heterocycles. The van der Waals surface area contributed by atoms with E-state index in [1.165, 1.54) is 0 Å². The van der Waals surface area contributed by atoms with Crippen molar-refractivity contribution < 1.29 is 19.8 Å². The van der Waals surface area contributed by atoms with E-state index in [1.807, 2.05) is 49.3 Å². The van der Waals surface area contributed by atoms with Gasteiger partial charge in [0.05, 0.1) is 12.5 Å². The van der Waals surface area contributed by atoms with Crippen molar-refractivity contribution in [3.8, 4) is 0 Å². The van der Waals surface area contributed by atoms with E-state index in [-0.39, 0.29) is 24.8 Å². The first-order chi connectivity index (χ1) is 10.8. The summed E-state index contributed by atoms with van der Waals surface area (Å²) in [5, 5.41) is 19.9. The molecule has 0 aliphatic carbocycles. The molecular weight excluding hydrogens is 296 g/mol. The first kappa shape index (κ1) is 17.4.